The molecule has 0 aliphatic heterocycles. The molecule has 1 saturated carbocycles. The Bertz CT molecular complexity index is 386. The van der Waals surface area contributed by atoms with Crippen LogP contribution in [0.5, 0.6) is 0 Å². The van der Waals surface area contributed by atoms with Crippen LogP contribution < -0.4 is 5.32 Å². The van der Waals surface area contributed by atoms with E-state index in [1.165, 1.54) is 31.7 Å². The van der Waals surface area contributed by atoms with Gasteiger partial charge in [0.2, 0.25) is 0 Å². The summed E-state index contributed by atoms with van der Waals surface area (Å²) in [6, 6.07) is 8.35. The number of halogens is 1. The SMILES string of the molecule is CNC1CCC(N(C)CCc2cccc(F)c2)CC1. The number of hydrogen-bond acceptors (Lipinski definition) is 2. The fourth-order valence-electron chi connectivity index (χ4n) is 2.99. The third kappa shape index (κ3) is 4.29. The predicted octanol–water partition coefficient (Wildman–Crippen LogP) is 2.83. The predicted molar refractivity (Wildman–Crippen MR) is 77.8 cm³/mol. The van der Waals surface area contributed by atoms with Gasteiger partial charge < -0.3 is 10.2 Å². The van der Waals surface area contributed by atoms with E-state index in [0.717, 1.165) is 18.5 Å². The fraction of sp³-hybridized carbons (Fsp3) is 0.625. The zero-order valence-electron chi connectivity index (χ0n) is 12.0. The first-order valence-electron chi connectivity index (χ1n) is 7.31. The molecule has 0 bridgehead atoms. The molecule has 0 saturated heterocycles. The van der Waals surface area contributed by atoms with Crippen LogP contribution in [0.1, 0.15) is 31.2 Å². The largest absolute Gasteiger partial charge is 0.317 e. The Kier molecular flexibility index (Phi) is 5.34. The van der Waals surface area contributed by atoms with Gasteiger partial charge in [-0.25, -0.2) is 4.39 Å². The summed E-state index contributed by atoms with van der Waals surface area (Å²) in [4.78, 5) is 2.44. The summed E-state index contributed by atoms with van der Waals surface area (Å²) >= 11 is 0. The lowest BCUT2D eigenvalue weighted by Crippen LogP contribution is -2.40. The van der Waals surface area contributed by atoms with E-state index in [2.05, 4.69) is 24.3 Å². The fourth-order valence-corrected chi connectivity index (χ4v) is 2.99. The van der Waals surface area contributed by atoms with Crippen molar-refractivity contribution in [2.45, 2.75) is 44.2 Å². The Morgan fingerprint density at radius 1 is 1.26 bits per heavy atom. The second-order valence-corrected chi connectivity index (χ2v) is 5.65. The maximum Gasteiger partial charge on any atom is 0.123 e. The van der Waals surface area contributed by atoms with Gasteiger partial charge in [-0.2, -0.15) is 0 Å². The minimum atomic E-state index is -0.130. The molecule has 1 aromatic rings. The third-order valence-corrected chi connectivity index (χ3v) is 4.37. The Morgan fingerprint density at radius 2 is 2.00 bits per heavy atom. The van der Waals surface area contributed by atoms with Gasteiger partial charge in [0.05, 0.1) is 0 Å². The van der Waals surface area contributed by atoms with E-state index >= 15 is 0 Å². The highest BCUT2D eigenvalue weighted by molar-refractivity contribution is 5.16. The smallest absolute Gasteiger partial charge is 0.123 e. The van der Waals surface area contributed by atoms with Crippen molar-refractivity contribution in [2.24, 2.45) is 0 Å². The molecule has 1 fully saturated rings. The summed E-state index contributed by atoms with van der Waals surface area (Å²) in [6.45, 7) is 1.01. The van der Waals surface area contributed by atoms with Crippen molar-refractivity contribution in [3.63, 3.8) is 0 Å². The third-order valence-electron chi connectivity index (χ3n) is 4.37. The van der Waals surface area contributed by atoms with Gasteiger partial charge in [0, 0.05) is 18.6 Å². The second-order valence-electron chi connectivity index (χ2n) is 5.65. The number of rotatable bonds is 5. The lowest BCUT2D eigenvalue weighted by atomic mass is 9.90. The molecule has 0 heterocycles. The summed E-state index contributed by atoms with van der Waals surface area (Å²) in [7, 11) is 4.25. The van der Waals surface area contributed by atoms with E-state index in [0.29, 0.717) is 12.1 Å². The van der Waals surface area contributed by atoms with Gasteiger partial charge >= 0.3 is 0 Å². The van der Waals surface area contributed by atoms with Gasteiger partial charge in [0.1, 0.15) is 5.82 Å². The van der Waals surface area contributed by atoms with Gasteiger partial charge in [0.25, 0.3) is 0 Å². The Morgan fingerprint density at radius 3 is 2.63 bits per heavy atom. The Balaban J connectivity index is 1.77. The van der Waals surface area contributed by atoms with Crippen molar-refractivity contribution in [2.75, 3.05) is 20.6 Å². The molecule has 0 aromatic heterocycles. The summed E-state index contributed by atoms with van der Waals surface area (Å²) in [5.41, 5.74) is 1.09. The van der Waals surface area contributed by atoms with E-state index in [1.54, 1.807) is 12.1 Å². The van der Waals surface area contributed by atoms with Gasteiger partial charge in [-0.15, -0.1) is 0 Å². The molecule has 2 rings (SSSR count). The van der Waals surface area contributed by atoms with Crippen LogP contribution >= 0.6 is 0 Å². The molecule has 0 radical (unpaired) electrons. The zero-order valence-corrected chi connectivity index (χ0v) is 12.0. The maximum atomic E-state index is 13.1. The van der Waals surface area contributed by atoms with E-state index in [9.17, 15) is 4.39 Å². The van der Waals surface area contributed by atoms with E-state index in [1.807, 2.05) is 6.07 Å². The quantitative estimate of drug-likeness (QED) is 0.880. The molecular formula is C16H25FN2. The molecule has 1 aliphatic rings. The number of nitrogens with one attached hydrogen (secondary N) is 1. The lowest BCUT2D eigenvalue weighted by molar-refractivity contribution is 0.178. The van der Waals surface area contributed by atoms with Crippen molar-refractivity contribution >= 4 is 0 Å². The molecule has 19 heavy (non-hydrogen) atoms. The summed E-state index contributed by atoms with van der Waals surface area (Å²) in [6.07, 6.45) is 6.01. The maximum absolute atomic E-state index is 13.1. The molecule has 106 valence electrons. The Hall–Kier alpha value is -0.930. The minimum Gasteiger partial charge on any atom is -0.317 e. The molecule has 0 spiro atoms. The van der Waals surface area contributed by atoms with Crippen LogP contribution in [0.15, 0.2) is 24.3 Å². The van der Waals surface area contributed by atoms with E-state index in [-0.39, 0.29) is 5.82 Å². The van der Waals surface area contributed by atoms with Crippen LogP contribution in [0.2, 0.25) is 0 Å². The van der Waals surface area contributed by atoms with Crippen molar-refractivity contribution in [3.8, 4) is 0 Å². The van der Waals surface area contributed by atoms with Crippen LogP contribution in [-0.4, -0.2) is 37.6 Å². The van der Waals surface area contributed by atoms with Gasteiger partial charge in [0.15, 0.2) is 0 Å². The standard InChI is InChI=1S/C16H25FN2/c1-18-15-6-8-16(9-7-15)19(2)11-10-13-4-3-5-14(17)12-13/h3-5,12,15-16,18H,6-11H2,1-2H3. The molecule has 0 atom stereocenters. The van der Waals surface area contributed by atoms with E-state index < -0.39 is 0 Å². The monoisotopic (exact) mass is 264 g/mol. The highest BCUT2D eigenvalue weighted by Gasteiger charge is 2.22. The van der Waals surface area contributed by atoms with Crippen LogP contribution in [-0.2, 0) is 6.42 Å². The molecule has 2 nitrogen and oxygen atoms in total. The second kappa shape index (κ2) is 7.01. The highest BCUT2D eigenvalue weighted by atomic mass is 19.1. The summed E-state index contributed by atoms with van der Waals surface area (Å²) in [5, 5.41) is 3.37. The van der Waals surface area contributed by atoms with Gasteiger partial charge in [-0.05, 0) is 63.9 Å². The number of hydrogen-bond donors (Lipinski definition) is 1. The number of likely N-dealkylation sites (N-methyl/N-ethyl adjacent to an activating group) is 1. The lowest BCUT2D eigenvalue weighted by Gasteiger charge is -2.34. The van der Waals surface area contributed by atoms with Gasteiger partial charge in [-0.1, -0.05) is 12.1 Å². The number of benzene rings is 1. The normalized spacial score (nSPS) is 23.8. The minimum absolute atomic E-state index is 0.130. The van der Waals surface area contributed by atoms with Crippen molar-refractivity contribution in [1.82, 2.24) is 10.2 Å². The first kappa shape index (κ1) is 14.5. The highest BCUT2D eigenvalue weighted by Crippen LogP contribution is 2.22. The first-order valence-corrected chi connectivity index (χ1v) is 7.31. The Labute approximate surface area is 116 Å². The molecule has 1 N–H and O–H groups in total. The number of nitrogens with zero attached hydrogens (tertiary/aromatic N) is 1. The molecular weight excluding hydrogens is 239 g/mol. The van der Waals surface area contributed by atoms with Gasteiger partial charge in [-0.3, -0.25) is 0 Å². The molecule has 3 heteroatoms. The summed E-state index contributed by atoms with van der Waals surface area (Å²) in [5.74, 6) is -0.130. The van der Waals surface area contributed by atoms with Crippen molar-refractivity contribution in [3.05, 3.63) is 35.6 Å². The summed E-state index contributed by atoms with van der Waals surface area (Å²) < 4.78 is 13.1. The molecule has 0 amide bonds. The topological polar surface area (TPSA) is 15.3 Å². The van der Waals surface area contributed by atoms with Crippen LogP contribution in [0.25, 0.3) is 0 Å². The van der Waals surface area contributed by atoms with Crippen LogP contribution in [0, 0.1) is 5.82 Å². The average molecular weight is 264 g/mol. The van der Waals surface area contributed by atoms with Crippen LogP contribution in [0.4, 0.5) is 4.39 Å². The average Bonchev–Trinajstić information content (AvgIpc) is 2.45. The molecule has 0 unspecified atom stereocenters. The zero-order chi connectivity index (χ0) is 13.7. The molecule has 1 aromatic carbocycles. The van der Waals surface area contributed by atoms with Crippen molar-refractivity contribution in [1.29, 1.82) is 0 Å². The van der Waals surface area contributed by atoms with Crippen molar-refractivity contribution < 1.29 is 4.39 Å². The molecule has 1 aliphatic carbocycles. The van der Waals surface area contributed by atoms with Crippen LogP contribution in [0.3, 0.4) is 0 Å². The van der Waals surface area contributed by atoms with E-state index in [4.69, 9.17) is 0 Å². The first-order chi connectivity index (χ1) is 9.19.